The Hall–Kier alpha value is -3.07. The summed E-state index contributed by atoms with van der Waals surface area (Å²) in [6.45, 7) is 17.5. The molecule has 0 saturated carbocycles. The Bertz CT molecular complexity index is 1360. The Labute approximate surface area is 229 Å². The fraction of sp³-hybridized carbons (Fsp3) is 0.294. The summed E-state index contributed by atoms with van der Waals surface area (Å²) in [6, 6.07) is 31.0. The third-order valence-electron chi connectivity index (χ3n) is 8.65. The van der Waals surface area contributed by atoms with E-state index in [1.54, 1.807) is 0 Å². The molecular formula is C34H38B2O2. The van der Waals surface area contributed by atoms with Crippen LogP contribution in [-0.2, 0) is 9.31 Å². The summed E-state index contributed by atoms with van der Waals surface area (Å²) < 4.78 is 12.5. The Kier molecular flexibility index (Phi) is 6.92. The Morgan fingerprint density at radius 2 is 1.00 bits per heavy atom. The van der Waals surface area contributed by atoms with Crippen molar-refractivity contribution < 1.29 is 9.31 Å². The smallest absolute Gasteiger partial charge is 0.399 e. The van der Waals surface area contributed by atoms with Crippen molar-refractivity contribution in [2.24, 2.45) is 0 Å². The van der Waals surface area contributed by atoms with Gasteiger partial charge in [-0.05, 0) is 72.0 Å². The first-order chi connectivity index (χ1) is 18.0. The van der Waals surface area contributed by atoms with E-state index < -0.39 is 0 Å². The van der Waals surface area contributed by atoms with Gasteiger partial charge in [0.05, 0.1) is 11.2 Å². The van der Waals surface area contributed by atoms with Crippen LogP contribution in [0, 0.1) is 27.7 Å². The predicted molar refractivity (Wildman–Crippen MR) is 164 cm³/mol. The molecule has 4 aromatic carbocycles. The molecule has 0 aliphatic carbocycles. The fourth-order valence-corrected chi connectivity index (χ4v) is 5.75. The van der Waals surface area contributed by atoms with Gasteiger partial charge in [0, 0.05) is 0 Å². The second kappa shape index (κ2) is 9.91. The third kappa shape index (κ3) is 4.77. The van der Waals surface area contributed by atoms with E-state index in [1.165, 1.54) is 49.8 Å². The average Bonchev–Trinajstić information content (AvgIpc) is 3.09. The molecular weight excluding hydrogens is 462 g/mol. The molecule has 0 atom stereocenters. The summed E-state index contributed by atoms with van der Waals surface area (Å²) in [5.41, 5.74) is 12.2. The second-order valence-electron chi connectivity index (χ2n) is 11.9. The first-order valence-electron chi connectivity index (χ1n) is 13.7. The van der Waals surface area contributed by atoms with Crippen LogP contribution >= 0.6 is 0 Å². The molecule has 38 heavy (non-hydrogen) atoms. The van der Waals surface area contributed by atoms with E-state index in [-0.39, 0.29) is 25.0 Å². The van der Waals surface area contributed by atoms with Gasteiger partial charge in [-0.1, -0.05) is 124 Å². The molecule has 1 aliphatic rings. The molecule has 1 heterocycles. The van der Waals surface area contributed by atoms with Crippen LogP contribution < -0.4 is 21.9 Å². The maximum atomic E-state index is 6.27. The Balaban J connectivity index is 1.55. The van der Waals surface area contributed by atoms with Gasteiger partial charge >= 0.3 is 7.12 Å². The van der Waals surface area contributed by atoms with Gasteiger partial charge in [0.1, 0.15) is 0 Å². The zero-order valence-corrected chi connectivity index (χ0v) is 24.1. The summed E-state index contributed by atoms with van der Waals surface area (Å²) in [5.74, 6) is 0. The van der Waals surface area contributed by atoms with Crippen LogP contribution in [0.15, 0.2) is 84.9 Å². The van der Waals surface area contributed by atoms with Crippen molar-refractivity contribution in [1.29, 1.82) is 0 Å². The molecule has 4 aromatic rings. The van der Waals surface area contributed by atoms with Crippen molar-refractivity contribution in [2.75, 3.05) is 0 Å². The number of benzene rings is 4. The van der Waals surface area contributed by atoms with E-state index in [1.807, 2.05) is 0 Å². The molecule has 1 aliphatic heterocycles. The van der Waals surface area contributed by atoms with E-state index in [0.29, 0.717) is 0 Å². The molecule has 192 valence electrons. The minimum Gasteiger partial charge on any atom is -0.399 e. The van der Waals surface area contributed by atoms with Gasteiger partial charge in [-0.2, -0.15) is 0 Å². The summed E-state index contributed by atoms with van der Waals surface area (Å²) in [6.07, 6.45) is 0. The lowest BCUT2D eigenvalue weighted by Crippen LogP contribution is -2.55. The summed E-state index contributed by atoms with van der Waals surface area (Å²) in [7, 11) is -0.349. The molecule has 1 saturated heterocycles. The fourth-order valence-electron chi connectivity index (χ4n) is 5.75. The van der Waals surface area contributed by atoms with Gasteiger partial charge in [-0.15, -0.1) is 0 Å². The molecule has 5 rings (SSSR count). The van der Waals surface area contributed by atoms with Gasteiger partial charge in [-0.25, -0.2) is 0 Å². The number of hydrogen-bond acceptors (Lipinski definition) is 2. The zero-order valence-electron chi connectivity index (χ0n) is 24.1. The molecule has 4 heteroatoms. The first kappa shape index (κ1) is 26.5. The maximum absolute atomic E-state index is 6.27. The molecule has 0 aromatic heterocycles. The van der Waals surface area contributed by atoms with E-state index in [2.05, 4.69) is 140 Å². The highest BCUT2D eigenvalue weighted by Crippen LogP contribution is 2.36. The molecule has 1 fully saturated rings. The Morgan fingerprint density at radius 3 is 1.47 bits per heavy atom. The van der Waals surface area contributed by atoms with E-state index >= 15 is 0 Å². The largest absolute Gasteiger partial charge is 0.494 e. The lowest BCUT2D eigenvalue weighted by Gasteiger charge is -2.32. The quantitative estimate of drug-likeness (QED) is 0.342. The van der Waals surface area contributed by atoms with Gasteiger partial charge in [0.15, 0.2) is 0 Å². The van der Waals surface area contributed by atoms with Gasteiger partial charge in [0.25, 0.3) is 0 Å². The van der Waals surface area contributed by atoms with Gasteiger partial charge in [0.2, 0.25) is 6.71 Å². The summed E-state index contributed by atoms with van der Waals surface area (Å²) in [4.78, 5) is 0. The first-order valence-corrected chi connectivity index (χ1v) is 13.7. The van der Waals surface area contributed by atoms with Crippen LogP contribution in [0.2, 0.25) is 0 Å². The van der Waals surface area contributed by atoms with Crippen molar-refractivity contribution in [3.05, 3.63) is 107 Å². The number of aryl methyl sites for hydroxylation is 4. The minimum absolute atomic E-state index is 0.168. The van der Waals surface area contributed by atoms with Crippen LogP contribution in [0.25, 0.3) is 11.1 Å². The predicted octanol–water partition coefficient (Wildman–Crippen LogP) is 5.40. The Morgan fingerprint density at radius 1 is 0.553 bits per heavy atom. The van der Waals surface area contributed by atoms with E-state index in [0.717, 1.165) is 5.46 Å². The highest BCUT2D eigenvalue weighted by atomic mass is 16.7. The van der Waals surface area contributed by atoms with Crippen molar-refractivity contribution >= 4 is 35.7 Å². The molecule has 0 unspecified atom stereocenters. The lowest BCUT2D eigenvalue weighted by atomic mass is 9.34. The van der Waals surface area contributed by atoms with Crippen LogP contribution in [0.5, 0.6) is 0 Å². The van der Waals surface area contributed by atoms with Crippen molar-refractivity contribution in [2.45, 2.75) is 66.6 Å². The maximum Gasteiger partial charge on any atom is 0.494 e. The van der Waals surface area contributed by atoms with E-state index in [4.69, 9.17) is 9.31 Å². The minimum atomic E-state index is -0.349. The molecule has 0 radical (unpaired) electrons. The highest BCUT2D eigenvalue weighted by Gasteiger charge is 2.51. The van der Waals surface area contributed by atoms with Gasteiger partial charge in [-0.3, -0.25) is 0 Å². The van der Waals surface area contributed by atoms with E-state index in [9.17, 15) is 0 Å². The summed E-state index contributed by atoms with van der Waals surface area (Å²) >= 11 is 0. The standard InChI is InChI=1S/C34H38B2O2/c1-23-12-9-13-24(2)31(23)35(32-25(3)14-10-15-26(32)4)30-17-11-16-28(22-30)27-18-20-29(21-19-27)36-37-33(5,6)34(7,8)38-36/h9-22H,1-8H3. The monoisotopic (exact) mass is 500 g/mol. The normalized spacial score (nSPS) is 16.1. The van der Waals surface area contributed by atoms with Crippen LogP contribution in [0.3, 0.4) is 0 Å². The molecule has 0 bridgehead atoms. The summed E-state index contributed by atoms with van der Waals surface area (Å²) in [5, 5.41) is 0. The average molecular weight is 500 g/mol. The molecule has 0 amide bonds. The highest BCUT2D eigenvalue weighted by molar-refractivity contribution is 6.96. The van der Waals surface area contributed by atoms with Crippen LogP contribution in [0.1, 0.15) is 49.9 Å². The molecule has 2 nitrogen and oxygen atoms in total. The topological polar surface area (TPSA) is 18.5 Å². The van der Waals surface area contributed by atoms with Crippen LogP contribution in [0.4, 0.5) is 0 Å². The zero-order chi connectivity index (χ0) is 27.2. The third-order valence-corrected chi connectivity index (χ3v) is 8.65. The second-order valence-corrected chi connectivity index (χ2v) is 11.9. The van der Waals surface area contributed by atoms with Crippen molar-refractivity contribution in [1.82, 2.24) is 0 Å². The van der Waals surface area contributed by atoms with Crippen LogP contribution in [-0.4, -0.2) is 25.0 Å². The molecule has 0 N–H and O–H groups in total. The molecule has 0 spiro atoms. The van der Waals surface area contributed by atoms with Crippen molar-refractivity contribution in [3.8, 4) is 11.1 Å². The number of rotatable bonds is 5. The SMILES string of the molecule is Cc1cccc(C)c1B(c1cccc(-c2ccc(B3OC(C)(C)C(C)(C)O3)cc2)c1)c1c(C)cccc1C. The number of hydrogen-bond donors (Lipinski definition) is 0. The lowest BCUT2D eigenvalue weighted by molar-refractivity contribution is 0.00578. The van der Waals surface area contributed by atoms with Crippen molar-refractivity contribution in [3.63, 3.8) is 0 Å². The van der Waals surface area contributed by atoms with Gasteiger partial charge < -0.3 is 9.31 Å².